The standard InChI is InChI=1S/C16H16N2O2S/c1-2-13-18(17-14-15-9-5-3-6-10-15)21(19,20)16-11-7-4-8-12-16/h2-12,14H,1,13H2/b17-14-. The Bertz CT molecular complexity index is 710. The first kappa shape index (κ1) is 15.0. The van der Waals surface area contributed by atoms with E-state index in [1.54, 1.807) is 30.3 Å². The fourth-order valence-corrected chi connectivity index (χ4v) is 2.92. The van der Waals surface area contributed by atoms with Crippen LogP contribution < -0.4 is 0 Å². The van der Waals surface area contributed by atoms with Gasteiger partial charge in [0, 0.05) is 0 Å². The molecule has 2 aromatic rings. The van der Waals surface area contributed by atoms with Gasteiger partial charge in [-0.05, 0) is 17.7 Å². The van der Waals surface area contributed by atoms with Crippen LogP contribution in [0.15, 0.2) is 83.3 Å². The predicted molar refractivity (Wildman–Crippen MR) is 84.6 cm³/mol. The molecular formula is C16H16N2O2S. The minimum Gasteiger partial charge on any atom is -0.200 e. The predicted octanol–water partition coefficient (Wildman–Crippen LogP) is 2.90. The normalized spacial score (nSPS) is 11.4. The summed E-state index contributed by atoms with van der Waals surface area (Å²) >= 11 is 0. The van der Waals surface area contributed by atoms with E-state index in [9.17, 15) is 8.42 Å². The second kappa shape index (κ2) is 6.85. The van der Waals surface area contributed by atoms with E-state index < -0.39 is 10.0 Å². The van der Waals surface area contributed by atoms with Gasteiger partial charge >= 0.3 is 0 Å². The molecule has 0 bridgehead atoms. The summed E-state index contributed by atoms with van der Waals surface area (Å²) in [6, 6.07) is 17.5. The largest absolute Gasteiger partial charge is 0.279 e. The molecule has 0 N–H and O–H groups in total. The second-order valence-corrected chi connectivity index (χ2v) is 6.11. The Kier molecular flexibility index (Phi) is 4.90. The van der Waals surface area contributed by atoms with Crippen LogP contribution in [0.1, 0.15) is 5.56 Å². The number of sulfonamides is 1. The van der Waals surface area contributed by atoms with Crippen LogP contribution in [0.2, 0.25) is 0 Å². The summed E-state index contributed by atoms with van der Waals surface area (Å²) in [4.78, 5) is 0.206. The summed E-state index contributed by atoms with van der Waals surface area (Å²) in [5.41, 5.74) is 0.829. The number of hydrogen-bond donors (Lipinski definition) is 0. The van der Waals surface area contributed by atoms with Gasteiger partial charge in [-0.2, -0.15) is 17.9 Å². The molecule has 5 heteroatoms. The van der Waals surface area contributed by atoms with Crippen LogP contribution in [0.3, 0.4) is 0 Å². The van der Waals surface area contributed by atoms with Gasteiger partial charge in [0.05, 0.1) is 17.7 Å². The van der Waals surface area contributed by atoms with E-state index in [4.69, 9.17) is 0 Å². The highest BCUT2D eigenvalue weighted by atomic mass is 32.2. The van der Waals surface area contributed by atoms with Crippen LogP contribution in [0.5, 0.6) is 0 Å². The molecule has 4 nitrogen and oxygen atoms in total. The second-order valence-electron chi connectivity index (χ2n) is 4.27. The molecule has 0 radical (unpaired) electrons. The van der Waals surface area contributed by atoms with Gasteiger partial charge in [-0.3, -0.25) is 0 Å². The Hall–Kier alpha value is -2.40. The quantitative estimate of drug-likeness (QED) is 0.468. The lowest BCUT2D eigenvalue weighted by molar-refractivity contribution is 0.464. The molecule has 0 aliphatic carbocycles. The van der Waals surface area contributed by atoms with Crippen LogP contribution in [0.25, 0.3) is 0 Å². The van der Waals surface area contributed by atoms with E-state index in [0.717, 1.165) is 9.98 Å². The maximum Gasteiger partial charge on any atom is 0.279 e. The Morgan fingerprint density at radius 2 is 1.57 bits per heavy atom. The number of nitrogens with zero attached hydrogens (tertiary/aromatic N) is 2. The van der Waals surface area contributed by atoms with Crippen molar-refractivity contribution >= 4 is 16.2 Å². The van der Waals surface area contributed by atoms with Crippen LogP contribution in [-0.2, 0) is 10.0 Å². The van der Waals surface area contributed by atoms with Gasteiger partial charge in [0.2, 0.25) is 0 Å². The Balaban J connectivity index is 2.31. The van der Waals surface area contributed by atoms with Crippen molar-refractivity contribution in [1.29, 1.82) is 0 Å². The van der Waals surface area contributed by atoms with Gasteiger partial charge in [-0.15, -0.1) is 6.58 Å². The molecule has 0 saturated carbocycles. The van der Waals surface area contributed by atoms with Crippen molar-refractivity contribution in [3.63, 3.8) is 0 Å². The molecule has 0 aliphatic heterocycles. The van der Waals surface area contributed by atoms with E-state index in [-0.39, 0.29) is 11.4 Å². The monoisotopic (exact) mass is 300 g/mol. The lowest BCUT2D eigenvalue weighted by Gasteiger charge is -2.17. The third-order valence-electron chi connectivity index (χ3n) is 2.74. The lowest BCUT2D eigenvalue weighted by atomic mass is 10.2. The van der Waals surface area contributed by atoms with Gasteiger partial charge < -0.3 is 0 Å². The smallest absolute Gasteiger partial charge is 0.200 e. The number of hydrazone groups is 1. The lowest BCUT2D eigenvalue weighted by Crippen LogP contribution is -2.26. The molecule has 0 saturated heterocycles. The molecule has 21 heavy (non-hydrogen) atoms. The van der Waals surface area contributed by atoms with Gasteiger partial charge in [0.15, 0.2) is 0 Å². The van der Waals surface area contributed by atoms with E-state index in [0.29, 0.717) is 0 Å². The molecule has 108 valence electrons. The molecule has 0 aromatic heterocycles. The highest BCUT2D eigenvalue weighted by molar-refractivity contribution is 7.89. The van der Waals surface area contributed by atoms with Crippen LogP contribution >= 0.6 is 0 Å². The number of rotatable bonds is 6. The molecular weight excluding hydrogens is 284 g/mol. The van der Waals surface area contributed by atoms with E-state index >= 15 is 0 Å². The average Bonchev–Trinajstić information content (AvgIpc) is 2.53. The van der Waals surface area contributed by atoms with Gasteiger partial charge in [0.25, 0.3) is 10.0 Å². The molecule has 0 aliphatic rings. The zero-order valence-electron chi connectivity index (χ0n) is 11.5. The van der Waals surface area contributed by atoms with Crippen LogP contribution in [-0.4, -0.2) is 25.6 Å². The topological polar surface area (TPSA) is 49.7 Å². The van der Waals surface area contributed by atoms with E-state index in [1.165, 1.54) is 12.3 Å². The third kappa shape index (κ3) is 3.79. The molecule has 0 fully saturated rings. The van der Waals surface area contributed by atoms with Gasteiger partial charge in [0.1, 0.15) is 0 Å². The zero-order chi connectivity index (χ0) is 15.1. The molecule has 2 rings (SSSR count). The molecule has 2 aromatic carbocycles. The maximum absolute atomic E-state index is 12.5. The van der Waals surface area contributed by atoms with Crippen LogP contribution in [0, 0.1) is 0 Å². The summed E-state index contributed by atoms with van der Waals surface area (Å²) in [6.45, 7) is 3.69. The Morgan fingerprint density at radius 1 is 1.00 bits per heavy atom. The molecule has 0 amide bonds. The zero-order valence-corrected chi connectivity index (χ0v) is 12.3. The van der Waals surface area contributed by atoms with Crippen molar-refractivity contribution in [1.82, 2.24) is 4.41 Å². The summed E-state index contributed by atoms with van der Waals surface area (Å²) in [6.07, 6.45) is 3.02. The summed E-state index contributed by atoms with van der Waals surface area (Å²) in [5.74, 6) is 0. The number of benzene rings is 2. The van der Waals surface area contributed by atoms with Crippen molar-refractivity contribution in [2.75, 3.05) is 6.54 Å². The molecule has 0 unspecified atom stereocenters. The first-order valence-electron chi connectivity index (χ1n) is 6.42. The van der Waals surface area contributed by atoms with E-state index in [2.05, 4.69) is 11.7 Å². The Morgan fingerprint density at radius 3 is 2.14 bits per heavy atom. The van der Waals surface area contributed by atoms with E-state index in [1.807, 2.05) is 30.3 Å². The molecule has 0 spiro atoms. The minimum absolute atomic E-state index is 0.112. The van der Waals surface area contributed by atoms with Crippen molar-refractivity contribution < 1.29 is 8.42 Å². The number of hydrogen-bond acceptors (Lipinski definition) is 3. The van der Waals surface area contributed by atoms with Crippen LogP contribution in [0.4, 0.5) is 0 Å². The van der Waals surface area contributed by atoms with Crippen molar-refractivity contribution in [3.05, 3.63) is 78.9 Å². The first-order chi connectivity index (χ1) is 10.1. The van der Waals surface area contributed by atoms with Crippen molar-refractivity contribution in [3.8, 4) is 0 Å². The summed E-state index contributed by atoms with van der Waals surface area (Å²) in [7, 11) is -3.67. The van der Waals surface area contributed by atoms with Crippen molar-refractivity contribution in [2.45, 2.75) is 4.90 Å². The fourth-order valence-electron chi connectivity index (χ4n) is 1.70. The summed E-state index contributed by atoms with van der Waals surface area (Å²) in [5, 5.41) is 4.08. The maximum atomic E-state index is 12.5. The highest BCUT2D eigenvalue weighted by Crippen LogP contribution is 2.15. The third-order valence-corrected chi connectivity index (χ3v) is 4.41. The highest BCUT2D eigenvalue weighted by Gasteiger charge is 2.21. The fraction of sp³-hybridized carbons (Fsp3) is 0.0625. The molecule has 0 heterocycles. The molecule has 0 atom stereocenters. The SMILES string of the molecule is C=CCN(/N=C\c1ccccc1)S(=O)(=O)c1ccccc1. The van der Waals surface area contributed by atoms with Crippen molar-refractivity contribution in [2.24, 2.45) is 5.10 Å². The first-order valence-corrected chi connectivity index (χ1v) is 7.86. The van der Waals surface area contributed by atoms with Gasteiger partial charge in [-0.25, -0.2) is 0 Å². The Labute approximate surface area is 125 Å². The summed E-state index contributed by atoms with van der Waals surface area (Å²) < 4.78 is 26.0. The van der Waals surface area contributed by atoms with Gasteiger partial charge in [-0.1, -0.05) is 54.6 Å². The minimum atomic E-state index is -3.67. The average molecular weight is 300 g/mol.